The third-order valence-electron chi connectivity index (χ3n) is 4.28. The van der Waals surface area contributed by atoms with Gasteiger partial charge in [-0.05, 0) is 48.9 Å². The third-order valence-corrected chi connectivity index (χ3v) is 5.60. The Balaban J connectivity index is 1.74. The first-order valence-electron chi connectivity index (χ1n) is 9.42. The van der Waals surface area contributed by atoms with Gasteiger partial charge in [0.05, 0.1) is 19.7 Å². The Morgan fingerprint density at radius 3 is 2.48 bits per heavy atom. The first kappa shape index (κ1) is 22.0. The van der Waals surface area contributed by atoms with Crippen molar-refractivity contribution in [2.75, 3.05) is 7.11 Å². The van der Waals surface area contributed by atoms with Crippen molar-refractivity contribution in [3.8, 4) is 11.5 Å². The second-order valence-corrected chi connectivity index (χ2v) is 8.23. The van der Waals surface area contributed by atoms with Gasteiger partial charge in [0.25, 0.3) is 0 Å². The number of hydrogen-bond acceptors (Lipinski definition) is 6. The third kappa shape index (κ3) is 6.16. The molecule has 1 N–H and O–H groups in total. The molecule has 0 aromatic heterocycles. The monoisotopic (exact) mass is 438 g/mol. The summed E-state index contributed by atoms with van der Waals surface area (Å²) >= 11 is 0. The number of methoxy groups -OCH3 is 1. The number of nitrogens with zero attached hydrogens (tertiary/aromatic N) is 1. The van der Waals surface area contributed by atoms with Crippen molar-refractivity contribution in [2.45, 2.75) is 18.2 Å². The highest BCUT2D eigenvalue weighted by Gasteiger charge is 2.20. The molecule has 3 rings (SSSR count). The van der Waals surface area contributed by atoms with E-state index in [-0.39, 0.29) is 23.0 Å². The summed E-state index contributed by atoms with van der Waals surface area (Å²) < 4.78 is 35.9. The van der Waals surface area contributed by atoms with E-state index in [9.17, 15) is 13.2 Å². The number of carbonyl (C=O) groups excluding carboxylic acids is 1. The van der Waals surface area contributed by atoms with Gasteiger partial charge in [0.15, 0.2) is 0 Å². The Morgan fingerprint density at radius 2 is 1.74 bits per heavy atom. The van der Waals surface area contributed by atoms with Crippen molar-refractivity contribution in [2.24, 2.45) is 5.10 Å². The lowest BCUT2D eigenvalue weighted by molar-refractivity contribution is -0.120. The number of para-hydroxylation sites is 1. The minimum Gasteiger partial charge on any atom is -0.497 e. The Bertz CT molecular complexity index is 1190. The Labute approximate surface area is 181 Å². The van der Waals surface area contributed by atoms with E-state index < -0.39 is 10.1 Å². The molecule has 0 aliphatic carbocycles. The fourth-order valence-electron chi connectivity index (χ4n) is 2.83. The molecule has 0 aliphatic rings. The maximum atomic E-state index is 12.7. The topological polar surface area (TPSA) is 94.1 Å². The second-order valence-electron chi connectivity index (χ2n) is 6.71. The van der Waals surface area contributed by atoms with Gasteiger partial charge in [-0.1, -0.05) is 42.0 Å². The molecular weight excluding hydrogens is 416 g/mol. The number of amides is 1. The number of nitrogens with one attached hydrogen (secondary N) is 1. The normalized spacial score (nSPS) is 11.3. The van der Waals surface area contributed by atoms with Crippen molar-refractivity contribution in [3.05, 3.63) is 89.5 Å². The Morgan fingerprint density at radius 1 is 1.00 bits per heavy atom. The number of rotatable bonds is 8. The maximum absolute atomic E-state index is 12.7. The molecule has 0 radical (unpaired) electrons. The van der Waals surface area contributed by atoms with E-state index in [0.717, 1.165) is 11.1 Å². The minimum absolute atomic E-state index is 0.0484. The summed E-state index contributed by atoms with van der Waals surface area (Å²) in [6.45, 7) is 1.83. The molecule has 0 fully saturated rings. The molecule has 160 valence electrons. The molecule has 0 heterocycles. The number of ether oxygens (including phenoxy) is 1. The highest BCUT2D eigenvalue weighted by molar-refractivity contribution is 7.87. The largest absolute Gasteiger partial charge is 0.497 e. The molecule has 0 unspecified atom stereocenters. The molecule has 3 aromatic carbocycles. The number of hydrogen-bond donors (Lipinski definition) is 1. The summed E-state index contributed by atoms with van der Waals surface area (Å²) in [7, 11) is -2.53. The number of benzene rings is 3. The van der Waals surface area contributed by atoms with Crippen LogP contribution < -0.4 is 14.3 Å². The zero-order valence-corrected chi connectivity index (χ0v) is 17.9. The molecule has 0 saturated carbocycles. The first-order chi connectivity index (χ1) is 14.9. The highest BCUT2D eigenvalue weighted by atomic mass is 32.2. The van der Waals surface area contributed by atoms with Gasteiger partial charge in [0, 0.05) is 5.56 Å². The van der Waals surface area contributed by atoms with Gasteiger partial charge >= 0.3 is 10.1 Å². The van der Waals surface area contributed by atoms with Crippen LogP contribution in [0.2, 0.25) is 0 Å². The first-order valence-corrected chi connectivity index (χ1v) is 10.8. The fraction of sp³-hybridized carbons (Fsp3) is 0.130. The molecule has 0 spiro atoms. The summed E-state index contributed by atoms with van der Waals surface area (Å²) in [6.07, 6.45) is 1.39. The SMILES string of the molecule is COc1cccc(CC(=O)N/N=C/c2cc(C)ccc2S(=O)(=O)Oc2ccccc2)c1. The Kier molecular flexibility index (Phi) is 7.04. The zero-order chi connectivity index (χ0) is 22.3. The lowest BCUT2D eigenvalue weighted by atomic mass is 10.1. The van der Waals surface area contributed by atoms with Crippen molar-refractivity contribution in [3.63, 3.8) is 0 Å². The zero-order valence-electron chi connectivity index (χ0n) is 17.1. The molecule has 7 nitrogen and oxygen atoms in total. The highest BCUT2D eigenvalue weighted by Crippen LogP contribution is 2.21. The van der Waals surface area contributed by atoms with E-state index in [4.69, 9.17) is 8.92 Å². The van der Waals surface area contributed by atoms with Crippen LogP contribution in [0.25, 0.3) is 0 Å². The predicted octanol–water partition coefficient (Wildman–Crippen LogP) is 3.46. The summed E-state index contributed by atoms with van der Waals surface area (Å²) in [5.74, 6) is 0.515. The predicted molar refractivity (Wildman–Crippen MR) is 118 cm³/mol. The Hall–Kier alpha value is -3.65. The number of carbonyl (C=O) groups is 1. The molecule has 0 atom stereocenters. The molecule has 3 aromatic rings. The van der Waals surface area contributed by atoms with E-state index in [1.165, 1.54) is 12.3 Å². The average molecular weight is 439 g/mol. The maximum Gasteiger partial charge on any atom is 0.339 e. The molecule has 0 bridgehead atoms. The van der Waals surface area contributed by atoms with E-state index in [0.29, 0.717) is 11.3 Å². The van der Waals surface area contributed by atoms with Crippen LogP contribution in [0.3, 0.4) is 0 Å². The number of hydrazone groups is 1. The molecular formula is C23H22N2O5S. The van der Waals surface area contributed by atoms with Gasteiger partial charge in [-0.25, -0.2) is 5.43 Å². The second kappa shape index (κ2) is 9.90. The van der Waals surface area contributed by atoms with Crippen molar-refractivity contribution in [1.82, 2.24) is 5.43 Å². The van der Waals surface area contributed by atoms with Crippen molar-refractivity contribution >= 4 is 22.2 Å². The lowest BCUT2D eigenvalue weighted by Gasteiger charge is -2.10. The fourth-order valence-corrected chi connectivity index (χ4v) is 3.91. The van der Waals surface area contributed by atoms with Gasteiger partial charge in [-0.3, -0.25) is 4.79 Å². The van der Waals surface area contributed by atoms with Crippen LogP contribution in [0, 0.1) is 6.92 Å². The van der Waals surface area contributed by atoms with Gasteiger partial charge in [0.2, 0.25) is 5.91 Å². The molecule has 1 amide bonds. The van der Waals surface area contributed by atoms with E-state index >= 15 is 0 Å². The van der Waals surface area contributed by atoms with Gasteiger partial charge in [-0.15, -0.1) is 0 Å². The molecule has 0 aliphatic heterocycles. The summed E-state index contributed by atoms with van der Waals surface area (Å²) in [5, 5.41) is 3.93. The van der Waals surface area contributed by atoms with Crippen molar-refractivity contribution < 1.29 is 22.1 Å². The number of aryl methyl sites for hydroxylation is 1. The van der Waals surface area contributed by atoms with Gasteiger partial charge in [0.1, 0.15) is 16.4 Å². The van der Waals surface area contributed by atoms with Crippen LogP contribution in [0.15, 0.2) is 82.8 Å². The van der Waals surface area contributed by atoms with Crippen LogP contribution in [-0.4, -0.2) is 27.6 Å². The van der Waals surface area contributed by atoms with E-state index in [1.54, 1.807) is 73.8 Å². The quantitative estimate of drug-likeness (QED) is 0.330. The molecule has 31 heavy (non-hydrogen) atoms. The minimum atomic E-state index is -4.09. The standard InChI is InChI=1S/C23H22N2O5S/c1-17-11-12-22(31(27,28)30-20-8-4-3-5-9-20)19(13-17)16-24-25-23(26)15-18-7-6-10-21(14-18)29-2/h3-14,16H,15H2,1-2H3,(H,25,26)/b24-16+. The van der Waals surface area contributed by atoms with Crippen molar-refractivity contribution in [1.29, 1.82) is 0 Å². The van der Waals surface area contributed by atoms with Crippen LogP contribution in [-0.2, 0) is 21.3 Å². The summed E-state index contributed by atoms with van der Waals surface area (Å²) in [5.41, 5.74) is 4.32. The van der Waals surface area contributed by atoms with Crippen LogP contribution in [0.1, 0.15) is 16.7 Å². The summed E-state index contributed by atoms with van der Waals surface area (Å²) in [4.78, 5) is 12.1. The summed E-state index contributed by atoms with van der Waals surface area (Å²) in [6, 6.07) is 20.1. The van der Waals surface area contributed by atoms with Crippen LogP contribution in [0.5, 0.6) is 11.5 Å². The molecule has 8 heteroatoms. The van der Waals surface area contributed by atoms with Crippen LogP contribution in [0.4, 0.5) is 0 Å². The molecule has 0 saturated heterocycles. The average Bonchev–Trinajstić information content (AvgIpc) is 2.74. The van der Waals surface area contributed by atoms with Crippen LogP contribution >= 0.6 is 0 Å². The van der Waals surface area contributed by atoms with Gasteiger partial charge in [-0.2, -0.15) is 13.5 Å². The van der Waals surface area contributed by atoms with E-state index in [1.807, 2.05) is 6.92 Å². The lowest BCUT2D eigenvalue weighted by Crippen LogP contribution is -2.20. The van der Waals surface area contributed by atoms with E-state index in [2.05, 4.69) is 10.5 Å². The smallest absolute Gasteiger partial charge is 0.339 e. The van der Waals surface area contributed by atoms with Gasteiger partial charge < -0.3 is 8.92 Å².